The second-order valence-corrected chi connectivity index (χ2v) is 6.64. The molecule has 1 aliphatic heterocycles. The van der Waals surface area contributed by atoms with E-state index in [1.54, 1.807) is 0 Å². The summed E-state index contributed by atoms with van der Waals surface area (Å²) in [7, 11) is -4.79. The van der Waals surface area contributed by atoms with Gasteiger partial charge in [-0.15, -0.1) is 0 Å². The van der Waals surface area contributed by atoms with Crippen LogP contribution in [0.2, 0.25) is 0 Å². The van der Waals surface area contributed by atoms with E-state index in [4.69, 9.17) is 20.1 Å². The molecule has 138 valence electrons. The Morgan fingerprint density at radius 3 is 2.80 bits per heavy atom. The quantitative estimate of drug-likeness (QED) is 0.212. The number of aromatic nitrogens is 2. The molecule has 0 amide bonds. The van der Waals surface area contributed by atoms with Crippen LogP contribution in [0.5, 0.6) is 0 Å². The Labute approximate surface area is 139 Å². The van der Waals surface area contributed by atoms with Crippen molar-refractivity contribution in [1.82, 2.24) is 9.55 Å². The van der Waals surface area contributed by atoms with Crippen molar-refractivity contribution in [3.05, 3.63) is 43.0 Å². The third-order valence-corrected chi connectivity index (χ3v) is 4.19. The van der Waals surface area contributed by atoms with Gasteiger partial charge < -0.3 is 19.6 Å². The molecule has 0 aromatic carbocycles. The summed E-state index contributed by atoms with van der Waals surface area (Å²) in [5.41, 5.74) is 7.20. The zero-order valence-corrected chi connectivity index (χ0v) is 13.8. The first-order valence-electron chi connectivity index (χ1n) is 7.00. The molecule has 14 heteroatoms. The Hall–Kier alpha value is -1.98. The molecule has 1 aromatic rings. The summed E-state index contributed by atoms with van der Waals surface area (Å²) in [6.07, 6.45) is -2.48. The largest absolute Gasteiger partial charge is 0.469 e. The van der Waals surface area contributed by atoms with Crippen LogP contribution in [0.15, 0.2) is 20.9 Å². The number of aliphatic hydroxyl groups is 1. The van der Waals surface area contributed by atoms with Crippen LogP contribution in [0.3, 0.4) is 0 Å². The van der Waals surface area contributed by atoms with E-state index in [0.717, 1.165) is 4.57 Å². The van der Waals surface area contributed by atoms with Crippen LogP contribution in [0.4, 0.5) is 0 Å². The van der Waals surface area contributed by atoms with Gasteiger partial charge in [-0.2, -0.15) is 0 Å². The van der Waals surface area contributed by atoms with Crippen molar-refractivity contribution in [2.45, 2.75) is 25.4 Å². The van der Waals surface area contributed by atoms with Crippen LogP contribution in [0.25, 0.3) is 10.4 Å². The van der Waals surface area contributed by atoms with Gasteiger partial charge in [0, 0.05) is 29.1 Å². The van der Waals surface area contributed by atoms with E-state index in [1.807, 2.05) is 0 Å². The SMILES string of the molecule is Cc1cn([C@@H]2O[C@H](COP(=O)(O)O)[C@@H](CN=[N+]=[N-])[C@H]2O)c(=O)[nH]c1=O. The van der Waals surface area contributed by atoms with Gasteiger partial charge in [0.1, 0.15) is 6.10 Å². The van der Waals surface area contributed by atoms with Gasteiger partial charge >= 0.3 is 13.5 Å². The van der Waals surface area contributed by atoms with Crippen LogP contribution >= 0.6 is 7.82 Å². The van der Waals surface area contributed by atoms with Crippen molar-refractivity contribution in [3.8, 4) is 0 Å². The smallest absolute Gasteiger partial charge is 0.388 e. The van der Waals surface area contributed by atoms with Gasteiger partial charge in [-0.1, -0.05) is 5.11 Å². The van der Waals surface area contributed by atoms with Crippen LogP contribution in [-0.4, -0.2) is 49.8 Å². The van der Waals surface area contributed by atoms with Gasteiger partial charge in [-0.3, -0.25) is 18.9 Å². The van der Waals surface area contributed by atoms with E-state index in [1.165, 1.54) is 13.1 Å². The Balaban J connectivity index is 2.33. The standard InChI is InChI=1S/C11H16N5O8P/c1-5-3-16(11(19)14-9(5)18)10-8(17)6(2-13-15-12)7(24-10)4-23-25(20,21)22/h3,6-8,10,17H,2,4H2,1H3,(H,14,18,19)(H2,20,21,22)/t6-,7-,8-,10-/m1/s1. The summed E-state index contributed by atoms with van der Waals surface area (Å²) in [6.45, 7) is 0.600. The lowest BCUT2D eigenvalue weighted by molar-refractivity contribution is -0.0530. The fraction of sp³-hybridized carbons (Fsp3) is 0.636. The lowest BCUT2D eigenvalue weighted by atomic mass is 9.98. The average molecular weight is 377 g/mol. The molecule has 0 spiro atoms. The highest BCUT2D eigenvalue weighted by atomic mass is 31.2. The number of azide groups is 1. The van der Waals surface area contributed by atoms with Gasteiger partial charge in [-0.25, -0.2) is 9.36 Å². The topological polar surface area (TPSA) is 200 Å². The fourth-order valence-electron chi connectivity index (χ4n) is 2.49. The number of rotatable bonds is 6. The second kappa shape index (κ2) is 7.50. The molecule has 2 heterocycles. The molecule has 1 aromatic heterocycles. The molecule has 1 aliphatic rings. The number of phosphoric ester groups is 1. The molecule has 4 N–H and O–H groups in total. The highest BCUT2D eigenvalue weighted by Gasteiger charge is 2.45. The number of hydrogen-bond acceptors (Lipinski definition) is 7. The molecule has 25 heavy (non-hydrogen) atoms. The second-order valence-electron chi connectivity index (χ2n) is 5.40. The third-order valence-electron chi connectivity index (χ3n) is 3.71. The molecule has 0 radical (unpaired) electrons. The predicted octanol–water partition coefficient (Wildman–Crippen LogP) is -0.861. The van der Waals surface area contributed by atoms with Crippen molar-refractivity contribution >= 4 is 7.82 Å². The maximum atomic E-state index is 11.9. The lowest BCUT2D eigenvalue weighted by Gasteiger charge is -2.18. The van der Waals surface area contributed by atoms with Crippen molar-refractivity contribution < 1.29 is 28.7 Å². The number of phosphoric acid groups is 1. The van der Waals surface area contributed by atoms with Crippen LogP contribution in [0, 0.1) is 12.8 Å². The van der Waals surface area contributed by atoms with Crippen molar-refractivity contribution in [1.29, 1.82) is 0 Å². The number of aromatic amines is 1. The van der Waals surface area contributed by atoms with Crippen LogP contribution in [-0.2, 0) is 13.8 Å². The molecule has 1 fully saturated rings. The summed E-state index contributed by atoms with van der Waals surface area (Å²) in [5, 5.41) is 13.7. The van der Waals surface area contributed by atoms with Crippen LogP contribution < -0.4 is 11.2 Å². The maximum absolute atomic E-state index is 11.9. The minimum absolute atomic E-state index is 0.192. The number of H-pyrrole nitrogens is 1. The van der Waals surface area contributed by atoms with Gasteiger partial charge in [0.15, 0.2) is 6.23 Å². The fourth-order valence-corrected chi connectivity index (χ4v) is 2.83. The molecule has 0 bridgehead atoms. The normalized spacial score (nSPS) is 26.4. The predicted molar refractivity (Wildman–Crippen MR) is 81.5 cm³/mol. The summed E-state index contributed by atoms with van der Waals surface area (Å²) < 4.78 is 21.7. The highest BCUT2D eigenvalue weighted by Crippen LogP contribution is 2.40. The Morgan fingerprint density at radius 2 is 2.20 bits per heavy atom. The van der Waals surface area contributed by atoms with Gasteiger partial charge in [0.2, 0.25) is 0 Å². The summed E-state index contributed by atoms with van der Waals surface area (Å²) in [5.74, 6) is -0.883. The monoisotopic (exact) mass is 377 g/mol. The first-order valence-corrected chi connectivity index (χ1v) is 8.53. The van der Waals surface area contributed by atoms with E-state index in [2.05, 4.69) is 19.5 Å². The van der Waals surface area contributed by atoms with Gasteiger partial charge in [-0.05, 0) is 12.5 Å². The molecular formula is C11H16N5O8P. The Kier molecular flexibility index (Phi) is 5.80. The minimum atomic E-state index is -4.79. The molecule has 2 rings (SSSR count). The van der Waals surface area contributed by atoms with Crippen LogP contribution in [0.1, 0.15) is 11.8 Å². The number of hydrogen-bond donors (Lipinski definition) is 4. The minimum Gasteiger partial charge on any atom is -0.388 e. The maximum Gasteiger partial charge on any atom is 0.469 e. The zero-order valence-electron chi connectivity index (χ0n) is 12.9. The third kappa shape index (κ3) is 4.55. The molecule has 0 unspecified atom stereocenters. The van der Waals surface area contributed by atoms with Crippen molar-refractivity contribution in [3.63, 3.8) is 0 Å². The first-order chi connectivity index (χ1) is 11.6. The summed E-state index contributed by atoms with van der Waals surface area (Å²) in [6, 6.07) is 0. The highest BCUT2D eigenvalue weighted by molar-refractivity contribution is 7.46. The number of nitrogens with zero attached hydrogens (tertiary/aromatic N) is 4. The van der Waals surface area contributed by atoms with E-state index < -0.39 is 50.0 Å². The molecule has 13 nitrogen and oxygen atoms in total. The first kappa shape index (κ1) is 19.3. The average Bonchev–Trinajstić information content (AvgIpc) is 2.82. The summed E-state index contributed by atoms with van der Waals surface area (Å²) >= 11 is 0. The molecule has 0 saturated carbocycles. The number of nitrogens with one attached hydrogen (secondary N) is 1. The zero-order chi connectivity index (χ0) is 18.8. The van der Waals surface area contributed by atoms with Crippen molar-refractivity contribution in [2.24, 2.45) is 11.0 Å². The molecule has 0 aliphatic carbocycles. The Morgan fingerprint density at radius 1 is 1.52 bits per heavy atom. The van der Waals surface area contributed by atoms with Gasteiger partial charge in [0.05, 0.1) is 12.7 Å². The number of aliphatic hydroxyl groups excluding tert-OH is 1. The summed E-state index contributed by atoms with van der Waals surface area (Å²) in [4.78, 5) is 45.6. The van der Waals surface area contributed by atoms with Gasteiger partial charge in [0.25, 0.3) is 5.56 Å². The Bertz CT molecular complexity index is 840. The molecular weight excluding hydrogens is 361 g/mol. The van der Waals surface area contributed by atoms with E-state index in [0.29, 0.717) is 0 Å². The van der Waals surface area contributed by atoms with E-state index >= 15 is 0 Å². The molecule has 4 atom stereocenters. The van der Waals surface area contributed by atoms with Crippen molar-refractivity contribution in [2.75, 3.05) is 13.2 Å². The van der Waals surface area contributed by atoms with E-state index in [9.17, 15) is 19.3 Å². The lowest BCUT2D eigenvalue weighted by Crippen LogP contribution is -2.37. The number of aryl methyl sites for hydroxylation is 1. The van der Waals surface area contributed by atoms with E-state index in [-0.39, 0.29) is 12.1 Å². The molecule has 1 saturated heterocycles. The number of ether oxygens (including phenoxy) is 1.